The first kappa shape index (κ1) is 9.93. The standard InChI is InChI=1S/C11H13F2N3/c12-11(13)5-8(6-11)15-9-3-4-14-10(16-9)7-1-2-7/h3-4,7-8H,1-2,5-6H2,(H,14,15,16). The number of hydrogen-bond acceptors (Lipinski definition) is 3. The van der Waals surface area contributed by atoms with E-state index in [0.717, 1.165) is 18.7 Å². The Bertz CT molecular complexity index is 396. The molecule has 1 N–H and O–H groups in total. The van der Waals surface area contributed by atoms with Crippen molar-refractivity contribution in [3.05, 3.63) is 18.1 Å². The van der Waals surface area contributed by atoms with Crippen LogP contribution in [0.1, 0.15) is 37.4 Å². The summed E-state index contributed by atoms with van der Waals surface area (Å²) in [4.78, 5) is 8.52. The Morgan fingerprint density at radius 2 is 2.06 bits per heavy atom. The van der Waals surface area contributed by atoms with Crippen molar-refractivity contribution < 1.29 is 8.78 Å². The number of hydrogen-bond donors (Lipinski definition) is 1. The molecule has 1 heterocycles. The summed E-state index contributed by atoms with van der Waals surface area (Å²) in [5.41, 5.74) is 0. The van der Waals surface area contributed by atoms with Gasteiger partial charge >= 0.3 is 0 Å². The van der Waals surface area contributed by atoms with Crippen molar-refractivity contribution in [3.63, 3.8) is 0 Å². The van der Waals surface area contributed by atoms with Crippen LogP contribution < -0.4 is 5.32 Å². The molecule has 0 amide bonds. The average Bonchev–Trinajstić information content (AvgIpc) is 2.98. The minimum atomic E-state index is -2.48. The van der Waals surface area contributed by atoms with Crippen LogP contribution in [0.15, 0.2) is 12.3 Å². The first-order valence-electron chi connectivity index (χ1n) is 5.60. The predicted molar refractivity (Wildman–Crippen MR) is 55.6 cm³/mol. The van der Waals surface area contributed by atoms with Crippen molar-refractivity contribution in [3.8, 4) is 0 Å². The van der Waals surface area contributed by atoms with Gasteiger partial charge in [0.05, 0.1) is 0 Å². The van der Waals surface area contributed by atoms with Crippen LogP contribution in [0.4, 0.5) is 14.6 Å². The number of rotatable bonds is 3. The molecule has 0 saturated heterocycles. The van der Waals surface area contributed by atoms with E-state index in [9.17, 15) is 8.78 Å². The van der Waals surface area contributed by atoms with Crippen molar-refractivity contribution in [2.75, 3.05) is 5.32 Å². The lowest BCUT2D eigenvalue weighted by Crippen LogP contribution is -2.44. The molecule has 16 heavy (non-hydrogen) atoms. The Kier molecular flexibility index (Phi) is 2.09. The second-order valence-corrected chi connectivity index (χ2v) is 4.68. The van der Waals surface area contributed by atoms with Gasteiger partial charge in [-0.25, -0.2) is 18.7 Å². The minimum Gasteiger partial charge on any atom is -0.367 e. The van der Waals surface area contributed by atoms with Gasteiger partial charge in [0.25, 0.3) is 5.92 Å². The van der Waals surface area contributed by atoms with E-state index in [2.05, 4.69) is 15.3 Å². The van der Waals surface area contributed by atoms with Crippen LogP contribution in [0, 0.1) is 0 Å². The number of nitrogens with zero attached hydrogens (tertiary/aromatic N) is 2. The van der Waals surface area contributed by atoms with Gasteiger partial charge in [-0.3, -0.25) is 0 Å². The fourth-order valence-corrected chi connectivity index (χ4v) is 1.96. The van der Waals surface area contributed by atoms with Gasteiger partial charge in [-0.2, -0.15) is 0 Å². The molecule has 0 unspecified atom stereocenters. The van der Waals surface area contributed by atoms with Crippen LogP contribution in [0.25, 0.3) is 0 Å². The van der Waals surface area contributed by atoms with E-state index in [-0.39, 0.29) is 18.9 Å². The van der Waals surface area contributed by atoms with Crippen LogP contribution in [-0.2, 0) is 0 Å². The summed E-state index contributed by atoms with van der Waals surface area (Å²) in [6.45, 7) is 0. The van der Waals surface area contributed by atoms with E-state index in [1.54, 1.807) is 12.3 Å². The average molecular weight is 225 g/mol. The van der Waals surface area contributed by atoms with E-state index in [0.29, 0.717) is 11.7 Å². The van der Waals surface area contributed by atoms with Crippen LogP contribution in [0.5, 0.6) is 0 Å². The first-order valence-corrected chi connectivity index (χ1v) is 5.60. The van der Waals surface area contributed by atoms with E-state index in [1.165, 1.54) is 0 Å². The van der Waals surface area contributed by atoms with Crippen LogP contribution in [-0.4, -0.2) is 21.9 Å². The summed E-state index contributed by atoms with van der Waals surface area (Å²) < 4.78 is 25.3. The Morgan fingerprint density at radius 3 is 2.69 bits per heavy atom. The zero-order valence-electron chi connectivity index (χ0n) is 8.79. The second kappa shape index (κ2) is 3.37. The van der Waals surface area contributed by atoms with Gasteiger partial charge in [0.2, 0.25) is 0 Å². The van der Waals surface area contributed by atoms with Crippen molar-refractivity contribution in [1.82, 2.24) is 9.97 Å². The molecule has 2 aliphatic rings. The van der Waals surface area contributed by atoms with Gasteiger partial charge in [0.1, 0.15) is 11.6 Å². The molecule has 3 nitrogen and oxygen atoms in total. The topological polar surface area (TPSA) is 37.8 Å². The number of nitrogens with one attached hydrogen (secondary N) is 1. The highest BCUT2D eigenvalue weighted by Gasteiger charge is 2.45. The molecule has 0 atom stereocenters. The summed E-state index contributed by atoms with van der Waals surface area (Å²) >= 11 is 0. The largest absolute Gasteiger partial charge is 0.367 e. The Morgan fingerprint density at radius 1 is 1.31 bits per heavy atom. The molecule has 1 aromatic heterocycles. The van der Waals surface area contributed by atoms with E-state index in [4.69, 9.17) is 0 Å². The van der Waals surface area contributed by atoms with Gasteiger partial charge in [0, 0.05) is 31.0 Å². The summed E-state index contributed by atoms with van der Waals surface area (Å²) in [6, 6.07) is 1.60. The first-order chi connectivity index (χ1) is 7.62. The number of aromatic nitrogens is 2. The molecule has 86 valence electrons. The van der Waals surface area contributed by atoms with Gasteiger partial charge in [-0.05, 0) is 18.9 Å². The molecule has 0 aliphatic heterocycles. The van der Waals surface area contributed by atoms with Crippen molar-refractivity contribution in [2.24, 2.45) is 0 Å². The number of halogens is 2. The van der Waals surface area contributed by atoms with Crippen LogP contribution in [0.2, 0.25) is 0 Å². The molecule has 2 aliphatic carbocycles. The fraction of sp³-hybridized carbons (Fsp3) is 0.636. The molecule has 0 bridgehead atoms. The van der Waals surface area contributed by atoms with Crippen LogP contribution in [0.3, 0.4) is 0 Å². The summed E-state index contributed by atoms with van der Waals surface area (Å²) in [6.07, 6.45) is 3.81. The van der Waals surface area contributed by atoms with Gasteiger partial charge < -0.3 is 5.32 Å². The van der Waals surface area contributed by atoms with E-state index < -0.39 is 5.92 Å². The summed E-state index contributed by atoms with van der Waals surface area (Å²) in [5, 5.41) is 3.03. The van der Waals surface area contributed by atoms with E-state index in [1.807, 2.05) is 0 Å². The molecule has 3 rings (SSSR count). The molecular formula is C11H13F2N3. The van der Waals surface area contributed by atoms with Crippen LogP contribution >= 0.6 is 0 Å². The second-order valence-electron chi connectivity index (χ2n) is 4.68. The molecule has 0 aromatic carbocycles. The Hall–Kier alpha value is -1.26. The number of anilines is 1. The smallest absolute Gasteiger partial charge is 0.252 e. The third-order valence-corrected chi connectivity index (χ3v) is 3.06. The predicted octanol–water partition coefficient (Wildman–Crippen LogP) is 2.56. The van der Waals surface area contributed by atoms with Gasteiger partial charge in [0.15, 0.2) is 0 Å². The molecule has 2 saturated carbocycles. The normalized spacial score (nSPS) is 23.9. The molecule has 1 aromatic rings. The number of alkyl halides is 2. The maximum absolute atomic E-state index is 12.6. The maximum Gasteiger partial charge on any atom is 0.252 e. The fourth-order valence-electron chi connectivity index (χ4n) is 1.96. The molecule has 5 heteroatoms. The van der Waals surface area contributed by atoms with E-state index >= 15 is 0 Å². The Labute approximate surface area is 92.3 Å². The quantitative estimate of drug-likeness (QED) is 0.859. The van der Waals surface area contributed by atoms with Crippen molar-refractivity contribution in [2.45, 2.75) is 43.6 Å². The van der Waals surface area contributed by atoms with Crippen molar-refractivity contribution in [1.29, 1.82) is 0 Å². The zero-order chi connectivity index (χ0) is 11.2. The summed E-state index contributed by atoms with van der Waals surface area (Å²) in [7, 11) is 0. The lowest BCUT2D eigenvalue weighted by molar-refractivity contribution is -0.0794. The minimum absolute atomic E-state index is 0.0875. The van der Waals surface area contributed by atoms with Gasteiger partial charge in [-0.15, -0.1) is 0 Å². The highest BCUT2D eigenvalue weighted by Crippen LogP contribution is 2.40. The molecular weight excluding hydrogens is 212 g/mol. The Balaban J connectivity index is 1.64. The SMILES string of the molecule is FC1(F)CC(Nc2ccnc(C3CC3)n2)C1. The zero-order valence-corrected chi connectivity index (χ0v) is 8.79. The lowest BCUT2D eigenvalue weighted by atomic mass is 9.88. The highest BCUT2D eigenvalue weighted by atomic mass is 19.3. The summed E-state index contributed by atoms with van der Waals surface area (Å²) in [5.74, 6) is -0.470. The highest BCUT2D eigenvalue weighted by molar-refractivity contribution is 5.36. The van der Waals surface area contributed by atoms with Gasteiger partial charge in [-0.1, -0.05) is 0 Å². The molecule has 0 radical (unpaired) electrons. The third kappa shape index (κ3) is 1.99. The monoisotopic (exact) mass is 225 g/mol. The lowest BCUT2D eigenvalue weighted by Gasteiger charge is -2.35. The molecule has 2 fully saturated rings. The molecule has 0 spiro atoms. The van der Waals surface area contributed by atoms with Crippen molar-refractivity contribution >= 4 is 5.82 Å². The third-order valence-electron chi connectivity index (χ3n) is 3.06. The maximum atomic E-state index is 12.6.